The van der Waals surface area contributed by atoms with Crippen LogP contribution in [0.2, 0.25) is 0 Å². The van der Waals surface area contributed by atoms with E-state index >= 15 is 0 Å². The number of amides is 1. The van der Waals surface area contributed by atoms with Gasteiger partial charge in [0.05, 0.1) is 0 Å². The largest absolute Gasteiger partial charge is 0.306 e. The summed E-state index contributed by atoms with van der Waals surface area (Å²) in [5, 5.41) is 8.79. The summed E-state index contributed by atoms with van der Waals surface area (Å²) in [6.45, 7) is 3.97. The second-order valence-corrected chi connectivity index (χ2v) is 8.12. The Labute approximate surface area is 147 Å². The molecule has 2 heterocycles. The molecule has 3 aliphatic rings. The lowest BCUT2D eigenvalue weighted by atomic mass is 9.60. The molecule has 1 amide bonds. The first-order chi connectivity index (χ1) is 12.0. The Hall–Kier alpha value is -1.50. The highest BCUT2D eigenvalue weighted by Gasteiger charge is 2.47. The highest BCUT2D eigenvalue weighted by Crippen LogP contribution is 2.51. The summed E-state index contributed by atoms with van der Waals surface area (Å²) in [5.74, 6) is -0.996. The van der Waals surface area contributed by atoms with E-state index in [4.69, 9.17) is 5.21 Å². The number of hydrogen-bond donors (Lipinski definition) is 2. The monoisotopic (exact) mass is 347 g/mol. The summed E-state index contributed by atoms with van der Waals surface area (Å²) in [6.07, 6.45) is 5.76. The molecule has 1 aliphatic carbocycles. The lowest BCUT2D eigenvalue weighted by Gasteiger charge is -2.55. The predicted molar refractivity (Wildman–Crippen MR) is 92.0 cm³/mol. The van der Waals surface area contributed by atoms with Gasteiger partial charge in [0.1, 0.15) is 5.82 Å². The molecule has 6 heteroatoms. The molecule has 25 heavy (non-hydrogen) atoms. The van der Waals surface area contributed by atoms with Crippen LogP contribution in [0.1, 0.15) is 47.2 Å². The molecule has 0 aromatic heterocycles. The third-order valence-electron chi connectivity index (χ3n) is 6.58. The van der Waals surface area contributed by atoms with Gasteiger partial charge >= 0.3 is 0 Å². The Morgan fingerprint density at radius 3 is 2.68 bits per heavy atom. The number of carbonyl (C=O) groups excluding carboxylic acids is 1. The minimum atomic E-state index is -0.659. The molecular formula is C19H26FN3O2. The van der Waals surface area contributed by atoms with E-state index in [1.807, 2.05) is 0 Å². The van der Waals surface area contributed by atoms with E-state index < -0.39 is 5.91 Å². The average molecular weight is 347 g/mol. The number of piperidine rings is 1. The van der Waals surface area contributed by atoms with Gasteiger partial charge in [-0.3, -0.25) is 14.9 Å². The molecule has 1 saturated heterocycles. The van der Waals surface area contributed by atoms with Crippen molar-refractivity contribution in [1.29, 1.82) is 0 Å². The van der Waals surface area contributed by atoms with Crippen molar-refractivity contribution in [3.8, 4) is 0 Å². The number of nitrogens with zero attached hydrogens (tertiary/aromatic N) is 2. The Morgan fingerprint density at radius 1 is 1.28 bits per heavy atom. The smallest absolute Gasteiger partial charge is 0.274 e. The van der Waals surface area contributed by atoms with Crippen LogP contribution >= 0.6 is 0 Å². The van der Waals surface area contributed by atoms with Crippen molar-refractivity contribution in [3.63, 3.8) is 0 Å². The quantitative estimate of drug-likeness (QED) is 0.636. The van der Waals surface area contributed by atoms with Crippen LogP contribution in [0.5, 0.6) is 0 Å². The van der Waals surface area contributed by atoms with Crippen molar-refractivity contribution in [2.45, 2.75) is 44.7 Å². The minimum absolute atomic E-state index is 0.181. The Bertz CT molecular complexity index is 677. The van der Waals surface area contributed by atoms with Gasteiger partial charge in [0, 0.05) is 24.7 Å². The lowest BCUT2D eigenvalue weighted by Crippen LogP contribution is -2.55. The van der Waals surface area contributed by atoms with E-state index in [2.05, 4.69) is 16.8 Å². The highest BCUT2D eigenvalue weighted by atomic mass is 19.1. The summed E-state index contributed by atoms with van der Waals surface area (Å²) in [6, 6.07) is 3.52. The maximum absolute atomic E-state index is 14.3. The Morgan fingerprint density at radius 2 is 2.00 bits per heavy atom. The van der Waals surface area contributed by atoms with Crippen LogP contribution in [0.4, 0.5) is 4.39 Å². The van der Waals surface area contributed by atoms with E-state index in [1.54, 1.807) is 11.5 Å². The minimum Gasteiger partial charge on any atom is -0.306 e. The first-order valence-electron chi connectivity index (χ1n) is 9.18. The van der Waals surface area contributed by atoms with E-state index in [0.29, 0.717) is 24.4 Å². The molecule has 2 fully saturated rings. The first kappa shape index (κ1) is 16.9. The van der Waals surface area contributed by atoms with Gasteiger partial charge in [-0.15, -0.1) is 0 Å². The number of hydrogen-bond acceptors (Lipinski definition) is 4. The SMILES string of the molecule is CN1CCC2(CC1)CC(N1CCc3c(F)cc(C(=O)NO)cc3C1)C2. The van der Waals surface area contributed by atoms with Crippen LogP contribution in [0, 0.1) is 11.2 Å². The van der Waals surface area contributed by atoms with Crippen LogP contribution < -0.4 is 5.48 Å². The van der Waals surface area contributed by atoms with E-state index in [0.717, 1.165) is 17.7 Å². The molecule has 5 nitrogen and oxygen atoms in total. The van der Waals surface area contributed by atoms with Gasteiger partial charge in [0.15, 0.2) is 0 Å². The summed E-state index contributed by atoms with van der Waals surface area (Å²) in [4.78, 5) is 16.5. The molecule has 0 atom stereocenters. The molecular weight excluding hydrogens is 321 g/mol. The van der Waals surface area contributed by atoms with Gasteiger partial charge in [-0.1, -0.05) is 0 Å². The van der Waals surface area contributed by atoms with Crippen molar-refractivity contribution < 1.29 is 14.4 Å². The number of hydroxylamine groups is 1. The first-order valence-corrected chi connectivity index (χ1v) is 9.18. The summed E-state index contributed by atoms with van der Waals surface area (Å²) in [5.41, 5.74) is 3.91. The maximum Gasteiger partial charge on any atom is 0.274 e. The number of likely N-dealkylation sites (tertiary alicyclic amines) is 1. The number of carbonyl (C=O) groups is 1. The predicted octanol–water partition coefficient (Wildman–Crippen LogP) is 2.18. The maximum atomic E-state index is 14.3. The Kier molecular flexibility index (Phi) is 4.30. The number of fused-ring (bicyclic) bond motifs is 1. The van der Waals surface area contributed by atoms with Crippen molar-refractivity contribution >= 4 is 5.91 Å². The third kappa shape index (κ3) is 3.07. The van der Waals surface area contributed by atoms with Gasteiger partial charge in [-0.25, -0.2) is 9.87 Å². The molecule has 2 N–H and O–H groups in total. The number of nitrogens with one attached hydrogen (secondary N) is 1. The normalized spacial score (nSPS) is 24.0. The molecule has 1 saturated carbocycles. The molecule has 0 bridgehead atoms. The third-order valence-corrected chi connectivity index (χ3v) is 6.58. The number of rotatable bonds is 2. The highest BCUT2D eigenvalue weighted by molar-refractivity contribution is 5.93. The van der Waals surface area contributed by atoms with Crippen molar-refractivity contribution in [3.05, 3.63) is 34.6 Å². The molecule has 136 valence electrons. The van der Waals surface area contributed by atoms with Gasteiger partial charge in [-0.2, -0.15) is 0 Å². The fraction of sp³-hybridized carbons (Fsp3) is 0.632. The zero-order valence-electron chi connectivity index (χ0n) is 14.7. The summed E-state index contributed by atoms with van der Waals surface area (Å²) < 4.78 is 14.3. The molecule has 4 rings (SSSR count). The molecule has 1 spiro atoms. The van der Waals surface area contributed by atoms with Gasteiger partial charge in [0.25, 0.3) is 5.91 Å². The van der Waals surface area contributed by atoms with Crippen LogP contribution in [0.15, 0.2) is 12.1 Å². The summed E-state index contributed by atoms with van der Waals surface area (Å²) >= 11 is 0. The van der Waals surface area contributed by atoms with Crippen molar-refractivity contribution in [1.82, 2.24) is 15.3 Å². The van der Waals surface area contributed by atoms with Crippen LogP contribution in [0.25, 0.3) is 0 Å². The van der Waals surface area contributed by atoms with Crippen molar-refractivity contribution in [2.24, 2.45) is 5.41 Å². The van der Waals surface area contributed by atoms with Crippen LogP contribution in [0.3, 0.4) is 0 Å². The Balaban J connectivity index is 1.45. The zero-order valence-corrected chi connectivity index (χ0v) is 14.7. The average Bonchev–Trinajstić information content (AvgIpc) is 2.59. The molecule has 2 aliphatic heterocycles. The second-order valence-electron chi connectivity index (χ2n) is 8.12. The van der Waals surface area contributed by atoms with Gasteiger partial charge in [-0.05, 0) is 80.9 Å². The van der Waals surface area contributed by atoms with Crippen LogP contribution in [-0.4, -0.2) is 53.6 Å². The summed E-state index contributed by atoms with van der Waals surface area (Å²) in [7, 11) is 2.19. The van der Waals surface area contributed by atoms with E-state index in [1.165, 1.54) is 44.8 Å². The lowest BCUT2D eigenvalue weighted by molar-refractivity contribution is -0.0436. The van der Waals surface area contributed by atoms with Crippen molar-refractivity contribution in [2.75, 3.05) is 26.7 Å². The van der Waals surface area contributed by atoms with E-state index in [-0.39, 0.29) is 11.4 Å². The second kappa shape index (κ2) is 6.34. The molecule has 0 unspecified atom stereocenters. The zero-order chi connectivity index (χ0) is 17.6. The van der Waals surface area contributed by atoms with Gasteiger partial charge < -0.3 is 4.90 Å². The number of halogens is 1. The molecule has 0 radical (unpaired) electrons. The fourth-order valence-corrected chi connectivity index (χ4v) is 4.87. The van der Waals surface area contributed by atoms with Gasteiger partial charge in [0.2, 0.25) is 0 Å². The van der Waals surface area contributed by atoms with Crippen LogP contribution in [-0.2, 0) is 13.0 Å². The standard InChI is InChI=1S/C19H26FN3O2/c1-22-6-3-19(4-7-22)10-15(11-19)23-5-2-16-14(12-23)8-13(9-17(16)20)18(24)21-25/h8-9,15,25H,2-7,10-12H2,1H3,(H,21,24). The fourth-order valence-electron chi connectivity index (χ4n) is 4.87. The van der Waals surface area contributed by atoms with E-state index in [9.17, 15) is 9.18 Å². The topological polar surface area (TPSA) is 55.8 Å². The number of benzene rings is 1. The molecule has 1 aromatic rings. The molecule has 1 aromatic carbocycles.